The maximum Gasteiger partial charge on any atom is 0.269 e. The zero-order chi connectivity index (χ0) is 13.3. The molecular weight excluding hydrogens is 300 g/mol. The van der Waals surface area contributed by atoms with Gasteiger partial charge in [-0.25, -0.2) is 0 Å². The second-order valence-corrected chi connectivity index (χ2v) is 5.67. The van der Waals surface area contributed by atoms with Gasteiger partial charge in [-0.05, 0) is 12.5 Å². The lowest BCUT2D eigenvalue weighted by atomic mass is 10.1. The van der Waals surface area contributed by atoms with Gasteiger partial charge in [0.15, 0.2) is 0 Å². The molecular formula is C12H13BrN2O3. The lowest BCUT2D eigenvalue weighted by molar-refractivity contribution is -0.384. The molecule has 1 unspecified atom stereocenters. The van der Waals surface area contributed by atoms with Crippen molar-refractivity contribution in [2.24, 2.45) is 0 Å². The van der Waals surface area contributed by atoms with E-state index in [9.17, 15) is 14.9 Å². The molecule has 1 saturated heterocycles. The van der Waals surface area contributed by atoms with E-state index in [1.54, 1.807) is 17.0 Å². The SMILES string of the molecule is C[C@@H](c1ccc([N+](=O)[O-])cc1)N1CC(Br)CC1=O. The largest absolute Gasteiger partial charge is 0.335 e. The van der Waals surface area contributed by atoms with Crippen LogP contribution in [0.25, 0.3) is 0 Å². The average Bonchev–Trinajstić information content (AvgIpc) is 2.67. The van der Waals surface area contributed by atoms with Gasteiger partial charge in [-0.3, -0.25) is 14.9 Å². The molecule has 1 heterocycles. The van der Waals surface area contributed by atoms with E-state index in [0.717, 1.165) is 5.56 Å². The van der Waals surface area contributed by atoms with E-state index in [2.05, 4.69) is 15.9 Å². The van der Waals surface area contributed by atoms with E-state index in [1.165, 1.54) is 12.1 Å². The quantitative estimate of drug-likeness (QED) is 0.489. The number of likely N-dealkylation sites (tertiary alicyclic amines) is 1. The molecule has 5 nitrogen and oxygen atoms in total. The van der Waals surface area contributed by atoms with Gasteiger partial charge in [0.25, 0.3) is 5.69 Å². The summed E-state index contributed by atoms with van der Waals surface area (Å²) in [4.78, 5) is 23.9. The number of rotatable bonds is 3. The summed E-state index contributed by atoms with van der Waals surface area (Å²) in [5, 5.41) is 10.6. The molecule has 1 aliphatic rings. The van der Waals surface area contributed by atoms with Gasteiger partial charge in [0.05, 0.1) is 11.0 Å². The fourth-order valence-corrected chi connectivity index (χ4v) is 2.70. The lowest BCUT2D eigenvalue weighted by Crippen LogP contribution is -2.28. The Morgan fingerprint density at radius 3 is 2.50 bits per heavy atom. The Morgan fingerprint density at radius 2 is 2.06 bits per heavy atom. The number of benzene rings is 1. The highest BCUT2D eigenvalue weighted by molar-refractivity contribution is 9.09. The molecule has 1 aliphatic heterocycles. The molecule has 0 spiro atoms. The van der Waals surface area contributed by atoms with Crippen molar-refractivity contribution >= 4 is 27.5 Å². The van der Waals surface area contributed by atoms with Crippen molar-refractivity contribution in [2.75, 3.05) is 6.54 Å². The van der Waals surface area contributed by atoms with Crippen LogP contribution >= 0.6 is 15.9 Å². The van der Waals surface area contributed by atoms with Crippen molar-refractivity contribution in [3.8, 4) is 0 Å². The normalized spacial score (nSPS) is 21.1. The van der Waals surface area contributed by atoms with Gasteiger partial charge in [-0.1, -0.05) is 28.1 Å². The molecule has 2 rings (SSSR count). The van der Waals surface area contributed by atoms with Gasteiger partial charge in [0.1, 0.15) is 0 Å². The number of carbonyl (C=O) groups is 1. The van der Waals surface area contributed by atoms with Gasteiger partial charge in [-0.15, -0.1) is 0 Å². The van der Waals surface area contributed by atoms with Crippen molar-refractivity contribution in [1.82, 2.24) is 4.90 Å². The predicted octanol–water partition coefficient (Wildman–Crippen LogP) is 2.65. The minimum atomic E-state index is -0.427. The summed E-state index contributed by atoms with van der Waals surface area (Å²) in [6, 6.07) is 6.30. The monoisotopic (exact) mass is 312 g/mol. The Labute approximate surface area is 113 Å². The maximum atomic E-state index is 11.8. The van der Waals surface area contributed by atoms with E-state index in [1.807, 2.05) is 6.92 Å². The van der Waals surface area contributed by atoms with E-state index in [4.69, 9.17) is 0 Å². The fourth-order valence-electron chi connectivity index (χ4n) is 2.12. The van der Waals surface area contributed by atoms with Crippen LogP contribution in [0, 0.1) is 10.1 Å². The average molecular weight is 313 g/mol. The Balaban J connectivity index is 2.16. The molecule has 1 fully saturated rings. The first-order valence-electron chi connectivity index (χ1n) is 5.67. The molecule has 1 aromatic rings. The van der Waals surface area contributed by atoms with Gasteiger partial charge in [-0.2, -0.15) is 0 Å². The lowest BCUT2D eigenvalue weighted by Gasteiger charge is -2.24. The van der Waals surface area contributed by atoms with Crippen LogP contribution in [-0.2, 0) is 4.79 Å². The van der Waals surface area contributed by atoms with Crippen molar-refractivity contribution in [1.29, 1.82) is 0 Å². The third-order valence-electron chi connectivity index (χ3n) is 3.17. The minimum absolute atomic E-state index is 0.0548. The number of nitrogens with zero attached hydrogens (tertiary/aromatic N) is 2. The number of halogens is 1. The summed E-state index contributed by atoms with van der Waals surface area (Å²) in [5.41, 5.74) is 0.979. The number of hydrogen-bond donors (Lipinski definition) is 0. The summed E-state index contributed by atoms with van der Waals surface area (Å²) >= 11 is 3.44. The third kappa shape index (κ3) is 2.53. The van der Waals surface area contributed by atoms with Crippen LogP contribution in [0.1, 0.15) is 24.9 Å². The number of hydrogen-bond acceptors (Lipinski definition) is 3. The number of carbonyl (C=O) groups excluding carboxylic acids is 1. The van der Waals surface area contributed by atoms with E-state index in [0.29, 0.717) is 13.0 Å². The summed E-state index contributed by atoms with van der Waals surface area (Å²) in [5.74, 6) is 0.114. The van der Waals surface area contributed by atoms with E-state index < -0.39 is 4.92 Å². The number of nitro groups is 1. The maximum absolute atomic E-state index is 11.8. The summed E-state index contributed by atoms with van der Waals surface area (Å²) in [6.07, 6.45) is 0.511. The highest BCUT2D eigenvalue weighted by Gasteiger charge is 2.31. The standard InChI is InChI=1S/C12H13BrN2O3/c1-8(14-7-10(13)6-12(14)16)9-2-4-11(5-3-9)15(17)18/h2-5,8,10H,6-7H2,1H3/t8-,10?/m0/s1. The summed E-state index contributed by atoms with van der Waals surface area (Å²) < 4.78 is 0. The van der Waals surface area contributed by atoms with Gasteiger partial charge in [0, 0.05) is 29.9 Å². The Bertz CT molecular complexity index is 475. The molecule has 18 heavy (non-hydrogen) atoms. The first-order valence-corrected chi connectivity index (χ1v) is 6.58. The van der Waals surface area contributed by atoms with Crippen LogP contribution in [0.15, 0.2) is 24.3 Å². The van der Waals surface area contributed by atoms with Gasteiger partial charge in [0.2, 0.25) is 5.91 Å². The molecule has 0 aliphatic carbocycles. The molecule has 6 heteroatoms. The van der Waals surface area contributed by atoms with Crippen molar-refractivity contribution in [3.63, 3.8) is 0 Å². The highest BCUT2D eigenvalue weighted by atomic mass is 79.9. The van der Waals surface area contributed by atoms with Crippen LogP contribution in [-0.4, -0.2) is 27.1 Å². The molecule has 0 N–H and O–H groups in total. The Kier molecular flexibility index (Phi) is 3.65. The Hall–Kier alpha value is -1.43. The van der Waals surface area contributed by atoms with Crippen LogP contribution in [0.2, 0.25) is 0 Å². The number of amides is 1. The van der Waals surface area contributed by atoms with Crippen molar-refractivity contribution < 1.29 is 9.72 Å². The van der Waals surface area contributed by atoms with E-state index >= 15 is 0 Å². The van der Waals surface area contributed by atoms with Crippen LogP contribution in [0.3, 0.4) is 0 Å². The van der Waals surface area contributed by atoms with Crippen molar-refractivity contribution in [3.05, 3.63) is 39.9 Å². The number of alkyl halides is 1. The molecule has 1 aromatic carbocycles. The molecule has 0 aromatic heterocycles. The second-order valence-electron chi connectivity index (χ2n) is 4.37. The first-order chi connectivity index (χ1) is 8.49. The molecule has 1 amide bonds. The molecule has 2 atom stereocenters. The number of non-ortho nitro benzene ring substituents is 1. The summed E-state index contributed by atoms with van der Waals surface area (Å²) in [7, 11) is 0. The first kappa shape index (κ1) is 13.0. The zero-order valence-corrected chi connectivity index (χ0v) is 11.5. The highest BCUT2D eigenvalue weighted by Crippen LogP contribution is 2.29. The molecule has 96 valence electrons. The van der Waals surface area contributed by atoms with Gasteiger partial charge < -0.3 is 4.90 Å². The molecule has 0 saturated carbocycles. The topological polar surface area (TPSA) is 63.5 Å². The van der Waals surface area contributed by atoms with Gasteiger partial charge >= 0.3 is 0 Å². The van der Waals surface area contributed by atoms with Crippen LogP contribution < -0.4 is 0 Å². The number of nitro benzene ring substituents is 1. The van der Waals surface area contributed by atoms with E-state index in [-0.39, 0.29) is 22.5 Å². The summed E-state index contributed by atoms with van der Waals surface area (Å²) in [6.45, 7) is 2.61. The third-order valence-corrected chi connectivity index (χ3v) is 3.78. The minimum Gasteiger partial charge on any atom is -0.335 e. The molecule has 0 radical (unpaired) electrons. The predicted molar refractivity (Wildman–Crippen MR) is 70.6 cm³/mol. The smallest absolute Gasteiger partial charge is 0.269 e. The van der Waals surface area contributed by atoms with Crippen molar-refractivity contribution in [2.45, 2.75) is 24.2 Å². The zero-order valence-electron chi connectivity index (χ0n) is 9.88. The fraction of sp³-hybridized carbons (Fsp3) is 0.417. The Morgan fingerprint density at radius 1 is 1.44 bits per heavy atom. The molecule has 0 bridgehead atoms. The van der Waals surface area contributed by atoms with Crippen LogP contribution in [0.4, 0.5) is 5.69 Å². The van der Waals surface area contributed by atoms with Crippen LogP contribution in [0.5, 0.6) is 0 Å². The second kappa shape index (κ2) is 5.06.